The summed E-state index contributed by atoms with van der Waals surface area (Å²) in [5.74, 6) is -0.907. The van der Waals surface area contributed by atoms with Crippen LogP contribution in [0.3, 0.4) is 0 Å². The summed E-state index contributed by atoms with van der Waals surface area (Å²) in [4.78, 5) is 25.1. The summed E-state index contributed by atoms with van der Waals surface area (Å²) in [7, 11) is 0. The summed E-state index contributed by atoms with van der Waals surface area (Å²) in [6.07, 6.45) is 3.03. The third-order valence-corrected chi connectivity index (χ3v) is 4.91. The van der Waals surface area contributed by atoms with Crippen molar-refractivity contribution in [3.05, 3.63) is 28.8 Å². The quantitative estimate of drug-likeness (QED) is 0.896. The zero-order valence-electron chi connectivity index (χ0n) is 11.5. The van der Waals surface area contributed by atoms with Crippen LogP contribution >= 0.6 is 11.6 Å². The standard InChI is InChI=1S/C15H17ClN2O3/c16-9-4-5-11(14(17)19)12(6-9)18-7-8-2-1-3-10(8)13(18)15(20)21/h4-6,8,10,13H,1-3,7H2,(H2,17,19)(H,20,21). The van der Waals surface area contributed by atoms with Gasteiger partial charge in [-0.3, -0.25) is 4.79 Å². The van der Waals surface area contributed by atoms with Crippen molar-refractivity contribution in [3.63, 3.8) is 0 Å². The van der Waals surface area contributed by atoms with Gasteiger partial charge < -0.3 is 15.7 Å². The number of rotatable bonds is 3. The minimum atomic E-state index is -0.847. The number of primary amides is 1. The van der Waals surface area contributed by atoms with E-state index in [0.717, 1.165) is 19.3 Å². The van der Waals surface area contributed by atoms with Gasteiger partial charge in [0.05, 0.1) is 11.3 Å². The molecule has 1 amide bonds. The molecule has 112 valence electrons. The molecule has 5 nitrogen and oxygen atoms in total. The number of amides is 1. The number of carboxylic acid groups (broad SMARTS) is 1. The van der Waals surface area contributed by atoms with E-state index in [1.165, 1.54) is 0 Å². The number of hydrogen-bond donors (Lipinski definition) is 2. The van der Waals surface area contributed by atoms with E-state index in [0.29, 0.717) is 28.7 Å². The second-order valence-corrected chi connectivity index (χ2v) is 6.25. The van der Waals surface area contributed by atoms with Crippen LogP contribution in [0.2, 0.25) is 5.02 Å². The first-order chi connectivity index (χ1) is 9.99. The number of anilines is 1. The lowest BCUT2D eigenvalue weighted by Crippen LogP contribution is -2.40. The molecule has 3 atom stereocenters. The molecule has 1 aliphatic carbocycles. The van der Waals surface area contributed by atoms with E-state index < -0.39 is 17.9 Å². The number of nitrogens with two attached hydrogens (primary N) is 1. The maximum atomic E-state index is 11.7. The highest BCUT2D eigenvalue weighted by Crippen LogP contribution is 2.45. The average Bonchev–Trinajstić information content (AvgIpc) is 2.96. The molecule has 1 saturated carbocycles. The molecular formula is C15H17ClN2O3. The average molecular weight is 309 g/mol. The van der Waals surface area contributed by atoms with Gasteiger partial charge in [0.25, 0.3) is 5.91 Å². The Kier molecular flexibility index (Phi) is 3.53. The van der Waals surface area contributed by atoms with Crippen LogP contribution in [0.1, 0.15) is 29.6 Å². The molecule has 1 aromatic carbocycles. The van der Waals surface area contributed by atoms with Crippen LogP contribution in [0.25, 0.3) is 0 Å². The van der Waals surface area contributed by atoms with E-state index >= 15 is 0 Å². The number of aliphatic carboxylic acids is 1. The van der Waals surface area contributed by atoms with Crippen LogP contribution in [0.4, 0.5) is 5.69 Å². The lowest BCUT2D eigenvalue weighted by atomic mass is 9.94. The van der Waals surface area contributed by atoms with Crippen molar-refractivity contribution in [1.82, 2.24) is 0 Å². The summed E-state index contributed by atoms with van der Waals surface area (Å²) in [5, 5.41) is 10.1. The second kappa shape index (κ2) is 5.22. The van der Waals surface area contributed by atoms with Gasteiger partial charge >= 0.3 is 5.97 Å². The van der Waals surface area contributed by atoms with Crippen LogP contribution in [-0.2, 0) is 4.79 Å². The molecule has 0 bridgehead atoms. The molecule has 3 unspecified atom stereocenters. The summed E-state index contributed by atoms with van der Waals surface area (Å²) >= 11 is 6.02. The molecule has 1 aromatic rings. The second-order valence-electron chi connectivity index (χ2n) is 5.82. The van der Waals surface area contributed by atoms with Gasteiger partial charge in [0.2, 0.25) is 0 Å². The molecule has 6 heteroatoms. The third kappa shape index (κ3) is 2.35. The van der Waals surface area contributed by atoms with Gasteiger partial charge in [0, 0.05) is 11.6 Å². The fourth-order valence-electron chi connectivity index (χ4n) is 3.82. The van der Waals surface area contributed by atoms with Crippen molar-refractivity contribution in [2.75, 3.05) is 11.4 Å². The molecule has 0 spiro atoms. The normalized spacial score (nSPS) is 27.7. The van der Waals surface area contributed by atoms with Crippen LogP contribution in [0.5, 0.6) is 0 Å². The number of carboxylic acids is 1. The molecule has 0 radical (unpaired) electrons. The molecule has 2 aliphatic rings. The third-order valence-electron chi connectivity index (χ3n) is 4.68. The Bertz CT molecular complexity index is 605. The number of carbonyl (C=O) groups is 2. The van der Waals surface area contributed by atoms with Crippen molar-refractivity contribution in [2.24, 2.45) is 17.6 Å². The lowest BCUT2D eigenvalue weighted by Gasteiger charge is -2.28. The topological polar surface area (TPSA) is 83.6 Å². The summed E-state index contributed by atoms with van der Waals surface area (Å²) in [5.41, 5.74) is 6.28. The Morgan fingerprint density at radius 1 is 1.33 bits per heavy atom. The number of nitrogens with zero attached hydrogens (tertiary/aromatic N) is 1. The Labute approximate surface area is 127 Å². The lowest BCUT2D eigenvalue weighted by molar-refractivity contribution is -0.139. The minimum absolute atomic E-state index is 0.141. The largest absolute Gasteiger partial charge is 0.480 e. The molecule has 0 aromatic heterocycles. The van der Waals surface area contributed by atoms with Crippen molar-refractivity contribution >= 4 is 29.2 Å². The van der Waals surface area contributed by atoms with Crippen LogP contribution in [-0.4, -0.2) is 29.6 Å². The highest BCUT2D eigenvalue weighted by Gasteiger charge is 2.48. The molecule has 2 fully saturated rings. The number of halogens is 1. The highest BCUT2D eigenvalue weighted by atomic mass is 35.5. The predicted octanol–water partition coefficient (Wildman–Crippen LogP) is 2.13. The fourth-order valence-corrected chi connectivity index (χ4v) is 3.99. The Balaban J connectivity index is 2.05. The summed E-state index contributed by atoms with van der Waals surface area (Å²) in [6, 6.07) is 4.19. The van der Waals surface area contributed by atoms with Gasteiger partial charge in [-0.15, -0.1) is 0 Å². The number of hydrogen-bond acceptors (Lipinski definition) is 3. The van der Waals surface area contributed by atoms with Crippen molar-refractivity contribution in [1.29, 1.82) is 0 Å². The first-order valence-corrected chi connectivity index (χ1v) is 7.45. The fraction of sp³-hybridized carbons (Fsp3) is 0.467. The van der Waals surface area contributed by atoms with E-state index in [2.05, 4.69) is 0 Å². The maximum Gasteiger partial charge on any atom is 0.326 e. The SMILES string of the molecule is NC(=O)c1ccc(Cl)cc1N1CC2CCCC2C1C(=O)O. The van der Waals surface area contributed by atoms with Gasteiger partial charge in [-0.25, -0.2) is 4.79 Å². The van der Waals surface area contributed by atoms with Gasteiger partial charge in [0.1, 0.15) is 6.04 Å². The maximum absolute atomic E-state index is 11.7. The van der Waals surface area contributed by atoms with Crippen LogP contribution < -0.4 is 10.6 Å². The first kappa shape index (κ1) is 14.2. The predicted molar refractivity (Wildman–Crippen MR) is 79.6 cm³/mol. The van der Waals surface area contributed by atoms with Crippen LogP contribution in [0.15, 0.2) is 18.2 Å². The van der Waals surface area contributed by atoms with Gasteiger partial charge in [-0.1, -0.05) is 18.0 Å². The van der Waals surface area contributed by atoms with Gasteiger partial charge in [0.15, 0.2) is 0 Å². The monoisotopic (exact) mass is 308 g/mol. The molecule has 1 heterocycles. The highest BCUT2D eigenvalue weighted by molar-refractivity contribution is 6.31. The van der Waals surface area contributed by atoms with E-state index in [4.69, 9.17) is 17.3 Å². The van der Waals surface area contributed by atoms with Crippen molar-refractivity contribution in [2.45, 2.75) is 25.3 Å². The van der Waals surface area contributed by atoms with Gasteiger partial charge in [-0.2, -0.15) is 0 Å². The minimum Gasteiger partial charge on any atom is -0.480 e. The van der Waals surface area contributed by atoms with E-state index in [-0.39, 0.29) is 5.92 Å². The van der Waals surface area contributed by atoms with Gasteiger partial charge in [-0.05, 0) is 42.9 Å². The summed E-state index contributed by atoms with van der Waals surface area (Å²) in [6.45, 7) is 0.641. The number of benzene rings is 1. The van der Waals surface area contributed by atoms with Crippen molar-refractivity contribution < 1.29 is 14.7 Å². The zero-order valence-corrected chi connectivity index (χ0v) is 12.2. The Hall–Kier alpha value is -1.75. The molecular weight excluding hydrogens is 292 g/mol. The molecule has 21 heavy (non-hydrogen) atoms. The molecule has 3 rings (SSSR count). The van der Waals surface area contributed by atoms with E-state index in [1.54, 1.807) is 23.1 Å². The Morgan fingerprint density at radius 2 is 2.10 bits per heavy atom. The number of fused-ring (bicyclic) bond motifs is 1. The van der Waals surface area contributed by atoms with Crippen LogP contribution in [0, 0.1) is 11.8 Å². The molecule has 1 saturated heterocycles. The molecule has 1 aliphatic heterocycles. The molecule has 3 N–H and O–H groups in total. The van der Waals surface area contributed by atoms with Crippen molar-refractivity contribution in [3.8, 4) is 0 Å². The zero-order chi connectivity index (χ0) is 15.1. The summed E-state index contributed by atoms with van der Waals surface area (Å²) < 4.78 is 0. The van der Waals surface area contributed by atoms with E-state index in [9.17, 15) is 14.7 Å². The van der Waals surface area contributed by atoms with E-state index in [1.807, 2.05) is 0 Å². The number of carbonyl (C=O) groups excluding carboxylic acids is 1. The smallest absolute Gasteiger partial charge is 0.326 e. The first-order valence-electron chi connectivity index (χ1n) is 7.08. The Morgan fingerprint density at radius 3 is 2.76 bits per heavy atom.